The second-order valence-electron chi connectivity index (χ2n) is 10.4. The van der Waals surface area contributed by atoms with Crippen LogP contribution in [0.1, 0.15) is 75.3 Å². The van der Waals surface area contributed by atoms with Crippen molar-refractivity contribution in [2.75, 3.05) is 13.2 Å². The van der Waals surface area contributed by atoms with Gasteiger partial charge in [-0.3, -0.25) is 0 Å². The average molecular weight is 537 g/mol. The molecular formula is C34H39F3O2. The van der Waals surface area contributed by atoms with Crippen molar-refractivity contribution in [2.24, 2.45) is 0 Å². The maximum atomic E-state index is 15.0. The maximum Gasteiger partial charge on any atom is 0.176 e. The molecule has 1 aliphatic heterocycles. The zero-order valence-electron chi connectivity index (χ0n) is 22.9. The third-order valence-corrected chi connectivity index (χ3v) is 7.55. The second-order valence-corrected chi connectivity index (χ2v) is 10.4. The molecule has 39 heavy (non-hydrogen) atoms. The Morgan fingerprint density at radius 1 is 0.744 bits per heavy atom. The molecule has 0 radical (unpaired) electrons. The van der Waals surface area contributed by atoms with Crippen molar-refractivity contribution in [1.82, 2.24) is 0 Å². The average Bonchev–Trinajstić information content (AvgIpc) is 2.97. The number of hydrogen-bond donors (Lipinski definition) is 0. The molecule has 0 aliphatic carbocycles. The number of aryl methyl sites for hydroxylation is 1. The fourth-order valence-electron chi connectivity index (χ4n) is 5.15. The first-order valence-corrected chi connectivity index (χ1v) is 14.2. The Hall–Kier alpha value is -2.89. The van der Waals surface area contributed by atoms with Gasteiger partial charge >= 0.3 is 0 Å². The van der Waals surface area contributed by atoms with Crippen molar-refractivity contribution in [3.63, 3.8) is 0 Å². The van der Waals surface area contributed by atoms with Crippen LogP contribution in [0.5, 0.6) is 0 Å². The van der Waals surface area contributed by atoms with E-state index in [1.54, 1.807) is 48.5 Å². The number of halogens is 3. The van der Waals surface area contributed by atoms with Gasteiger partial charge < -0.3 is 9.47 Å². The molecule has 0 saturated carbocycles. The summed E-state index contributed by atoms with van der Waals surface area (Å²) in [5.41, 5.74) is 3.11. The molecule has 3 aromatic rings. The Balaban J connectivity index is 1.37. The summed E-state index contributed by atoms with van der Waals surface area (Å²) in [4.78, 5) is 0. The summed E-state index contributed by atoms with van der Waals surface area (Å²) >= 11 is 0. The lowest BCUT2D eigenvalue weighted by atomic mass is 9.94. The molecule has 208 valence electrons. The minimum atomic E-state index is -0.828. The standard InChI is InChI=1S/C34H39F3O2/c1-3-5-6-7-8-9-10-11-12-26-17-20-30(34(37)33(26)36)25-15-13-24(14-16-25)29-19-18-27(21-31(29)35)28-22-38-32(4-2)39-23-28/h4,13-21,28,32H,2-3,5-12,22-23H2,1H3. The molecule has 0 amide bonds. The van der Waals surface area contributed by atoms with Crippen LogP contribution in [0.2, 0.25) is 0 Å². The van der Waals surface area contributed by atoms with Crippen LogP contribution in [0.15, 0.2) is 67.3 Å². The SMILES string of the molecule is C=CC1OCC(c2ccc(-c3ccc(-c4ccc(CCCCCCCCCC)c(F)c4F)cc3)c(F)c2)CO1. The highest BCUT2D eigenvalue weighted by molar-refractivity contribution is 5.71. The van der Waals surface area contributed by atoms with Crippen molar-refractivity contribution < 1.29 is 22.6 Å². The summed E-state index contributed by atoms with van der Waals surface area (Å²) in [7, 11) is 0. The molecule has 1 fully saturated rings. The molecule has 0 unspecified atom stereocenters. The van der Waals surface area contributed by atoms with Crippen molar-refractivity contribution in [2.45, 2.75) is 76.9 Å². The van der Waals surface area contributed by atoms with E-state index in [1.807, 2.05) is 6.07 Å². The summed E-state index contributed by atoms with van der Waals surface area (Å²) in [6.07, 6.45) is 11.0. The smallest absolute Gasteiger partial charge is 0.176 e. The van der Waals surface area contributed by atoms with Crippen LogP contribution in [-0.2, 0) is 15.9 Å². The summed E-state index contributed by atoms with van der Waals surface area (Å²) in [6.45, 7) is 6.73. The normalized spacial score (nSPS) is 17.3. The van der Waals surface area contributed by atoms with Crippen LogP contribution in [0, 0.1) is 17.5 Å². The van der Waals surface area contributed by atoms with Crippen LogP contribution in [0.25, 0.3) is 22.3 Å². The molecule has 4 rings (SSSR count). The predicted molar refractivity (Wildman–Crippen MR) is 152 cm³/mol. The Bertz CT molecular complexity index is 1210. The van der Waals surface area contributed by atoms with Crippen molar-refractivity contribution in [3.05, 3.63) is 95.8 Å². The van der Waals surface area contributed by atoms with E-state index in [0.717, 1.165) is 24.8 Å². The highest BCUT2D eigenvalue weighted by Crippen LogP contribution is 2.32. The van der Waals surface area contributed by atoms with Gasteiger partial charge in [0.15, 0.2) is 17.9 Å². The van der Waals surface area contributed by atoms with Gasteiger partial charge in [-0.2, -0.15) is 0 Å². The molecule has 0 bridgehead atoms. The molecular weight excluding hydrogens is 497 g/mol. The van der Waals surface area contributed by atoms with Gasteiger partial charge in [-0.1, -0.05) is 107 Å². The summed E-state index contributed by atoms with van der Waals surface area (Å²) < 4.78 is 56.0. The van der Waals surface area contributed by atoms with E-state index >= 15 is 4.39 Å². The fraction of sp³-hybridized carbons (Fsp3) is 0.412. The Labute approximate surface area is 230 Å². The van der Waals surface area contributed by atoms with Crippen LogP contribution in [0.4, 0.5) is 13.2 Å². The first kappa shape index (κ1) is 29.1. The Morgan fingerprint density at radius 3 is 1.95 bits per heavy atom. The van der Waals surface area contributed by atoms with E-state index in [4.69, 9.17) is 9.47 Å². The van der Waals surface area contributed by atoms with Crippen LogP contribution in [0.3, 0.4) is 0 Å². The topological polar surface area (TPSA) is 18.5 Å². The fourth-order valence-corrected chi connectivity index (χ4v) is 5.15. The van der Waals surface area contributed by atoms with Crippen LogP contribution in [-0.4, -0.2) is 19.5 Å². The minimum absolute atomic E-state index is 0.0523. The number of benzene rings is 3. The zero-order chi connectivity index (χ0) is 27.6. The summed E-state index contributed by atoms with van der Waals surface area (Å²) in [5.74, 6) is -2.00. The van der Waals surface area contributed by atoms with E-state index in [2.05, 4.69) is 13.5 Å². The van der Waals surface area contributed by atoms with Crippen LogP contribution < -0.4 is 0 Å². The van der Waals surface area contributed by atoms with E-state index < -0.39 is 17.9 Å². The van der Waals surface area contributed by atoms with E-state index in [-0.39, 0.29) is 17.3 Å². The molecule has 3 aromatic carbocycles. The number of unbranched alkanes of at least 4 members (excludes halogenated alkanes) is 7. The molecule has 2 nitrogen and oxygen atoms in total. The Morgan fingerprint density at radius 2 is 1.33 bits per heavy atom. The van der Waals surface area contributed by atoms with Gasteiger partial charge in [0.05, 0.1) is 13.2 Å². The lowest BCUT2D eigenvalue weighted by Crippen LogP contribution is -2.29. The molecule has 0 aromatic heterocycles. The number of ether oxygens (including phenoxy) is 2. The lowest BCUT2D eigenvalue weighted by Gasteiger charge is -2.28. The van der Waals surface area contributed by atoms with Gasteiger partial charge in [0.25, 0.3) is 0 Å². The third-order valence-electron chi connectivity index (χ3n) is 7.55. The van der Waals surface area contributed by atoms with E-state index in [0.29, 0.717) is 41.9 Å². The van der Waals surface area contributed by atoms with Gasteiger partial charge in [0.2, 0.25) is 0 Å². The predicted octanol–water partition coefficient (Wildman–Crippen LogP) is 9.76. The zero-order valence-corrected chi connectivity index (χ0v) is 22.9. The molecule has 1 heterocycles. The third kappa shape index (κ3) is 7.61. The Kier molecular flexibility index (Phi) is 10.8. The minimum Gasteiger partial charge on any atom is -0.348 e. The van der Waals surface area contributed by atoms with Crippen molar-refractivity contribution in [3.8, 4) is 22.3 Å². The molecule has 1 saturated heterocycles. The van der Waals surface area contributed by atoms with Crippen molar-refractivity contribution in [1.29, 1.82) is 0 Å². The molecule has 5 heteroatoms. The first-order chi connectivity index (χ1) is 19.0. The monoisotopic (exact) mass is 536 g/mol. The lowest BCUT2D eigenvalue weighted by molar-refractivity contribution is -0.159. The van der Waals surface area contributed by atoms with Crippen molar-refractivity contribution >= 4 is 0 Å². The van der Waals surface area contributed by atoms with Gasteiger partial charge in [-0.15, -0.1) is 0 Å². The summed E-state index contributed by atoms with van der Waals surface area (Å²) in [5, 5.41) is 0. The number of hydrogen-bond acceptors (Lipinski definition) is 2. The van der Waals surface area contributed by atoms with E-state index in [9.17, 15) is 8.78 Å². The largest absolute Gasteiger partial charge is 0.348 e. The van der Waals surface area contributed by atoms with Gasteiger partial charge in [0.1, 0.15) is 5.82 Å². The van der Waals surface area contributed by atoms with Crippen LogP contribution >= 0.6 is 0 Å². The maximum absolute atomic E-state index is 15.0. The van der Waals surface area contributed by atoms with Gasteiger partial charge in [-0.25, -0.2) is 13.2 Å². The molecule has 0 N–H and O–H groups in total. The highest BCUT2D eigenvalue weighted by atomic mass is 19.2. The molecule has 0 spiro atoms. The second kappa shape index (κ2) is 14.5. The number of rotatable bonds is 13. The molecule has 1 aliphatic rings. The van der Waals surface area contributed by atoms with Gasteiger partial charge in [-0.05, 0) is 47.2 Å². The quantitative estimate of drug-likeness (QED) is 0.160. The highest BCUT2D eigenvalue weighted by Gasteiger charge is 2.23. The first-order valence-electron chi connectivity index (χ1n) is 14.2. The van der Waals surface area contributed by atoms with Gasteiger partial charge in [0, 0.05) is 17.0 Å². The summed E-state index contributed by atoms with van der Waals surface area (Å²) in [6, 6.07) is 15.3. The van der Waals surface area contributed by atoms with E-state index in [1.165, 1.54) is 38.2 Å². The molecule has 0 atom stereocenters.